The quantitative estimate of drug-likeness (QED) is 0.225. The Morgan fingerprint density at radius 1 is 0.889 bits per heavy atom. The molecule has 6 nitrogen and oxygen atoms in total. The molecular formula is C29H27ClN4O2. The summed E-state index contributed by atoms with van der Waals surface area (Å²) in [6, 6.07) is 25.0. The van der Waals surface area contributed by atoms with Gasteiger partial charge in [-0.1, -0.05) is 67.4 Å². The van der Waals surface area contributed by atoms with Gasteiger partial charge in [0, 0.05) is 23.4 Å². The summed E-state index contributed by atoms with van der Waals surface area (Å²) in [6.45, 7) is 3.64. The fourth-order valence-corrected chi connectivity index (χ4v) is 4.19. The van der Waals surface area contributed by atoms with Gasteiger partial charge >= 0.3 is 0 Å². The van der Waals surface area contributed by atoms with E-state index in [9.17, 15) is 4.79 Å². The van der Waals surface area contributed by atoms with Gasteiger partial charge in [0.1, 0.15) is 11.2 Å². The molecule has 2 heterocycles. The van der Waals surface area contributed by atoms with Crippen molar-refractivity contribution in [3.63, 3.8) is 0 Å². The Labute approximate surface area is 214 Å². The summed E-state index contributed by atoms with van der Waals surface area (Å²) in [5.41, 5.74) is 3.76. The maximum absolute atomic E-state index is 13.8. The highest BCUT2D eigenvalue weighted by atomic mass is 35.5. The number of fused-ring (bicyclic) bond motifs is 1. The van der Waals surface area contributed by atoms with Crippen molar-refractivity contribution < 1.29 is 4.74 Å². The van der Waals surface area contributed by atoms with Crippen molar-refractivity contribution in [1.82, 2.24) is 19.3 Å². The molecule has 2 aromatic heterocycles. The number of hydrogen-bond donors (Lipinski definition) is 0. The first kappa shape index (κ1) is 24.0. The number of hydrogen-bond acceptors (Lipinski definition) is 4. The number of aromatic nitrogens is 4. The number of halogens is 1. The van der Waals surface area contributed by atoms with Crippen LogP contribution in [-0.4, -0.2) is 32.5 Å². The molecule has 0 aliphatic carbocycles. The van der Waals surface area contributed by atoms with Crippen LogP contribution in [0, 0.1) is 0 Å². The van der Waals surface area contributed by atoms with Crippen molar-refractivity contribution in [3.05, 3.63) is 106 Å². The number of nitrogens with zero attached hydrogens (tertiary/aromatic N) is 4. The third-order valence-electron chi connectivity index (χ3n) is 6.05. The first-order valence-corrected chi connectivity index (χ1v) is 12.5. The number of unbranched alkanes of at least 4 members (excludes halogenated alkanes) is 1. The minimum absolute atomic E-state index is 0.187. The lowest BCUT2D eigenvalue weighted by atomic mass is 10.1. The second kappa shape index (κ2) is 10.9. The Morgan fingerprint density at radius 2 is 1.64 bits per heavy atom. The molecule has 5 aromatic rings. The van der Waals surface area contributed by atoms with Gasteiger partial charge in [0.2, 0.25) is 0 Å². The molecule has 0 unspecified atom stereocenters. The first-order valence-electron chi connectivity index (χ1n) is 12.1. The van der Waals surface area contributed by atoms with E-state index in [2.05, 4.69) is 24.2 Å². The maximum Gasteiger partial charge on any atom is 0.269 e. The van der Waals surface area contributed by atoms with Crippen molar-refractivity contribution in [2.45, 2.75) is 26.2 Å². The predicted octanol–water partition coefficient (Wildman–Crippen LogP) is 6.25. The monoisotopic (exact) mass is 498 g/mol. The molecule has 0 N–H and O–H groups in total. The Balaban J connectivity index is 1.56. The Morgan fingerprint density at radius 3 is 2.36 bits per heavy atom. The summed E-state index contributed by atoms with van der Waals surface area (Å²) in [4.78, 5) is 18.6. The lowest BCUT2D eigenvalue weighted by Gasteiger charge is -2.13. The molecule has 0 atom stereocenters. The lowest BCUT2D eigenvalue weighted by Crippen LogP contribution is -2.21. The van der Waals surface area contributed by atoms with Gasteiger partial charge in [0.25, 0.3) is 5.56 Å². The summed E-state index contributed by atoms with van der Waals surface area (Å²) in [5, 5.41) is 5.66. The molecule has 7 heteroatoms. The smallest absolute Gasteiger partial charge is 0.269 e. The van der Waals surface area contributed by atoms with Crippen LogP contribution in [0.5, 0.6) is 0 Å². The molecule has 0 saturated heterocycles. The van der Waals surface area contributed by atoms with Gasteiger partial charge in [-0.25, -0.2) is 9.67 Å². The van der Waals surface area contributed by atoms with E-state index in [0.29, 0.717) is 34.2 Å². The molecular weight excluding hydrogens is 472 g/mol. The molecule has 3 aromatic carbocycles. The van der Waals surface area contributed by atoms with E-state index < -0.39 is 0 Å². The SMILES string of the molecule is CCCCOCCc1ccc(-c2nc3nn(-c4ccccc4)cc3c(=O)n2-c2ccc(Cl)cc2)cc1. The van der Waals surface area contributed by atoms with E-state index in [1.165, 1.54) is 5.56 Å². The standard InChI is InChI=1S/C29H27ClN4O2/c1-2-3-18-36-19-17-21-9-11-22(12-10-21)28-31-27-26(20-33(32-27)24-7-5-4-6-8-24)29(35)34(28)25-15-13-23(30)14-16-25/h4-16,20H,2-3,17-19H2,1H3. The molecule has 0 spiro atoms. The Kier molecular flexibility index (Phi) is 7.26. The third kappa shape index (κ3) is 5.10. The average molecular weight is 499 g/mol. The van der Waals surface area contributed by atoms with Gasteiger partial charge in [-0.15, -0.1) is 5.10 Å². The molecule has 0 aliphatic heterocycles. The highest BCUT2D eigenvalue weighted by Crippen LogP contribution is 2.24. The summed E-state index contributed by atoms with van der Waals surface area (Å²) < 4.78 is 9.02. The van der Waals surface area contributed by atoms with Crippen LogP contribution in [0.15, 0.2) is 89.9 Å². The minimum Gasteiger partial charge on any atom is -0.381 e. The van der Waals surface area contributed by atoms with Crippen LogP contribution < -0.4 is 5.56 Å². The largest absolute Gasteiger partial charge is 0.381 e. The summed E-state index contributed by atoms with van der Waals surface area (Å²) in [6.07, 6.45) is 4.78. The predicted molar refractivity (Wildman–Crippen MR) is 144 cm³/mol. The molecule has 5 rings (SSSR count). The number of para-hydroxylation sites is 1. The van der Waals surface area contributed by atoms with Gasteiger partial charge in [-0.3, -0.25) is 9.36 Å². The fourth-order valence-electron chi connectivity index (χ4n) is 4.06. The Bertz CT molecular complexity index is 1510. The maximum atomic E-state index is 13.8. The molecule has 0 aliphatic rings. The fraction of sp³-hybridized carbons (Fsp3) is 0.207. The molecule has 182 valence electrons. The van der Waals surface area contributed by atoms with E-state index in [-0.39, 0.29) is 5.56 Å². The van der Waals surface area contributed by atoms with Gasteiger partial charge in [-0.05, 0) is 54.8 Å². The second-order valence-corrected chi connectivity index (χ2v) is 9.05. The van der Waals surface area contributed by atoms with E-state index in [0.717, 1.165) is 37.1 Å². The number of ether oxygens (including phenoxy) is 1. The van der Waals surface area contributed by atoms with Crippen molar-refractivity contribution in [2.24, 2.45) is 0 Å². The van der Waals surface area contributed by atoms with Crippen molar-refractivity contribution in [1.29, 1.82) is 0 Å². The topological polar surface area (TPSA) is 61.9 Å². The molecule has 0 amide bonds. The second-order valence-electron chi connectivity index (χ2n) is 8.61. The van der Waals surface area contributed by atoms with Gasteiger partial charge < -0.3 is 4.74 Å². The van der Waals surface area contributed by atoms with Crippen LogP contribution in [-0.2, 0) is 11.2 Å². The first-order chi connectivity index (χ1) is 17.6. The highest BCUT2D eigenvalue weighted by Gasteiger charge is 2.17. The lowest BCUT2D eigenvalue weighted by molar-refractivity contribution is 0.134. The molecule has 0 bridgehead atoms. The van der Waals surface area contributed by atoms with E-state index >= 15 is 0 Å². The van der Waals surface area contributed by atoms with E-state index in [1.807, 2.05) is 54.6 Å². The molecule has 0 radical (unpaired) electrons. The van der Waals surface area contributed by atoms with Crippen molar-refractivity contribution in [3.8, 4) is 22.8 Å². The van der Waals surface area contributed by atoms with Crippen LogP contribution in [0.1, 0.15) is 25.3 Å². The van der Waals surface area contributed by atoms with Gasteiger partial charge in [0.05, 0.1) is 18.0 Å². The molecule has 0 saturated carbocycles. The zero-order valence-corrected chi connectivity index (χ0v) is 20.9. The zero-order valence-electron chi connectivity index (χ0n) is 20.1. The normalized spacial score (nSPS) is 11.3. The van der Waals surface area contributed by atoms with E-state index in [1.54, 1.807) is 27.6 Å². The summed E-state index contributed by atoms with van der Waals surface area (Å²) >= 11 is 6.12. The number of benzene rings is 3. The summed E-state index contributed by atoms with van der Waals surface area (Å²) in [7, 11) is 0. The van der Waals surface area contributed by atoms with Gasteiger partial charge in [0.15, 0.2) is 5.65 Å². The Hall–Kier alpha value is -3.74. The van der Waals surface area contributed by atoms with Crippen LogP contribution in [0.3, 0.4) is 0 Å². The van der Waals surface area contributed by atoms with Gasteiger partial charge in [-0.2, -0.15) is 0 Å². The minimum atomic E-state index is -0.187. The van der Waals surface area contributed by atoms with Crippen molar-refractivity contribution in [2.75, 3.05) is 13.2 Å². The highest BCUT2D eigenvalue weighted by molar-refractivity contribution is 6.30. The number of rotatable bonds is 9. The third-order valence-corrected chi connectivity index (χ3v) is 6.30. The zero-order chi connectivity index (χ0) is 24.9. The molecule has 36 heavy (non-hydrogen) atoms. The van der Waals surface area contributed by atoms with Crippen LogP contribution >= 0.6 is 11.6 Å². The average Bonchev–Trinajstić information content (AvgIpc) is 3.35. The van der Waals surface area contributed by atoms with Crippen LogP contribution in [0.25, 0.3) is 33.8 Å². The van der Waals surface area contributed by atoms with Crippen molar-refractivity contribution >= 4 is 22.6 Å². The summed E-state index contributed by atoms with van der Waals surface area (Å²) in [5.74, 6) is 0.527. The van der Waals surface area contributed by atoms with E-state index in [4.69, 9.17) is 21.3 Å². The molecule has 0 fully saturated rings. The van der Waals surface area contributed by atoms with Crippen LogP contribution in [0.4, 0.5) is 0 Å². The van der Waals surface area contributed by atoms with Crippen LogP contribution in [0.2, 0.25) is 5.02 Å².